The summed E-state index contributed by atoms with van der Waals surface area (Å²) in [7, 11) is 0. The van der Waals surface area contributed by atoms with E-state index in [0.29, 0.717) is 17.9 Å². The van der Waals surface area contributed by atoms with Gasteiger partial charge in [0.15, 0.2) is 0 Å². The van der Waals surface area contributed by atoms with Gasteiger partial charge in [0.1, 0.15) is 0 Å². The highest BCUT2D eigenvalue weighted by Gasteiger charge is 2.45. The summed E-state index contributed by atoms with van der Waals surface area (Å²) in [6, 6.07) is 0.649. The SMILES string of the molecule is O=C(NCC[C@H]1CCCN1)C(C1CC1)C1CC1. The van der Waals surface area contributed by atoms with Crippen molar-refractivity contribution in [2.24, 2.45) is 17.8 Å². The minimum absolute atomic E-state index is 0.355. The zero-order valence-corrected chi connectivity index (χ0v) is 10.6. The van der Waals surface area contributed by atoms with E-state index in [1.54, 1.807) is 0 Å². The number of carbonyl (C=O) groups excluding carboxylic acids is 1. The van der Waals surface area contributed by atoms with E-state index in [9.17, 15) is 4.79 Å². The Labute approximate surface area is 104 Å². The monoisotopic (exact) mass is 236 g/mol. The van der Waals surface area contributed by atoms with Crippen LogP contribution in [0.25, 0.3) is 0 Å². The van der Waals surface area contributed by atoms with Gasteiger partial charge in [-0.3, -0.25) is 4.79 Å². The molecule has 0 bridgehead atoms. The first kappa shape index (κ1) is 11.5. The molecule has 1 atom stereocenters. The standard InChI is InChI=1S/C14H24N2O/c17-14(13(10-3-4-10)11-5-6-11)16-9-7-12-2-1-8-15-12/h10-13,15H,1-9H2,(H,16,17)/t12-/m1/s1. The van der Waals surface area contributed by atoms with Crippen molar-refractivity contribution >= 4 is 5.91 Å². The molecule has 1 aliphatic heterocycles. The van der Waals surface area contributed by atoms with E-state index in [0.717, 1.165) is 31.3 Å². The van der Waals surface area contributed by atoms with E-state index in [4.69, 9.17) is 0 Å². The molecule has 3 aliphatic rings. The van der Waals surface area contributed by atoms with E-state index >= 15 is 0 Å². The third kappa shape index (κ3) is 3.01. The van der Waals surface area contributed by atoms with Crippen molar-refractivity contribution in [1.82, 2.24) is 10.6 Å². The Hall–Kier alpha value is -0.570. The molecule has 2 saturated carbocycles. The molecule has 3 rings (SSSR count). The molecule has 3 fully saturated rings. The summed E-state index contributed by atoms with van der Waals surface area (Å²) in [5.41, 5.74) is 0. The maximum Gasteiger partial charge on any atom is 0.223 e. The van der Waals surface area contributed by atoms with Crippen molar-refractivity contribution in [2.45, 2.75) is 51.0 Å². The van der Waals surface area contributed by atoms with Crippen LogP contribution in [0.15, 0.2) is 0 Å². The number of amides is 1. The highest BCUT2D eigenvalue weighted by molar-refractivity contribution is 5.80. The Kier molecular flexibility index (Phi) is 3.37. The minimum Gasteiger partial charge on any atom is -0.356 e. The van der Waals surface area contributed by atoms with Gasteiger partial charge in [-0.05, 0) is 63.3 Å². The van der Waals surface area contributed by atoms with Gasteiger partial charge in [-0.1, -0.05) is 0 Å². The summed E-state index contributed by atoms with van der Waals surface area (Å²) in [4.78, 5) is 12.1. The van der Waals surface area contributed by atoms with Crippen LogP contribution in [-0.2, 0) is 4.79 Å². The molecule has 2 aliphatic carbocycles. The number of carbonyl (C=O) groups is 1. The average molecular weight is 236 g/mol. The number of hydrogen-bond donors (Lipinski definition) is 2. The molecule has 1 amide bonds. The normalized spacial score (nSPS) is 28.6. The number of rotatable bonds is 6. The zero-order valence-electron chi connectivity index (χ0n) is 10.6. The van der Waals surface area contributed by atoms with Gasteiger partial charge in [0.25, 0.3) is 0 Å². The maximum absolute atomic E-state index is 12.1. The Morgan fingerprint density at radius 2 is 1.88 bits per heavy atom. The number of hydrogen-bond acceptors (Lipinski definition) is 2. The fraction of sp³-hybridized carbons (Fsp3) is 0.929. The second-order valence-electron chi connectivity index (χ2n) is 6.07. The summed E-state index contributed by atoms with van der Waals surface area (Å²) >= 11 is 0. The van der Waals surface area contributed by atoms with Gasteiger partial charge in [-0.2, -0.15) is 0 Å². The van der Waals surface area contributed by atoms with Crippen LogP contribution >= 0.6 is 0 Å². The van der Waals surface area contributed by atoms with Gasteiger partial charge >= 0.3 is 0 Å². The topological polar surface area (TPSA) is 41.1 Å². The molecule has 0 radical (unpaired) electrons. The lowest BCUT2D eigenvalue weighted by molar-refractivity contribution is -0.126. The summed E-state index contributed by atoms with van der Waals surface area (Å²) < 4.78 is 0. The molecule has 0 unspecified atom stereocenters. The van der Waals surface area contributed by atoms with Crippen LogP contribution in [-0.4, -0.2) is 25.0 Å². The van der Waals surface area contributed by atoms with Crippen LogP contribution in [0.3, 0.4) is 0 Å². The van der Waals surface area contributed by atoms with Crippen molar-refractivity contribution in [3.63, 3.8) is 0 Å². The van der Waals surface area contributed by atoms with Gasteiger partial charge in [0.2, 0.25) is 5.91 Å². The van der Waals surface area contributed by atoms with Crippen LogP contribution < -0.4 is 10.6 Å². The smallest absolute Gasteiger partial charge is 0.223 e. The molecule has 0 aromatic heterocycles. The van der Waals surface area contributed by atoms with Crippen molar-refractivity contribution in [2.75, 3.05) is 13.1 Å². The molecule has 0 aromatic rings. The van der Waals surface area contributed by atoms with Crippen LogP contribution in [0.1, 0.15) is 44.9 Å². The van der Waals surface area contributed by atoms with E-state index in [1.165, 1.54) is 38.5 Å². The van der Waals surface area contributed by atoms with E-state index in [2.05, 4.69) is 10.6 Å². The first-order valence-electron chi connectivity index (χ1n) is 7.35. The summed E-state index contributed by atoms with van der Waals surface area (Å²) in [6.07, 6.45) is 8.85. The van der Waals surface area contributed by atoms with E-state index < -0.39 is 0 Å². The highest BCUT2D eigenvalue weighted by Crippen LogP contribution is 2.49. The highest BCUT2D eigenvalue weighted by atomic mass is 16.1. The second kappa shape index (κ2) is 4.97. The number of nitrogens with one attached hydrogen (secondary N) is 2. The minimum atomic E-state index is 0.355. The van der Waals surface area contributed by atoms with Gasteiger partial charge < -0.3 is 10.6 Å². The molecular formula is C14H24N2O. The lowest BCUT2D eigenvalue weighted by atomic mass is 9.97. The Balaban J connectivity index is 1.39. The second-order valence-corrected chi connectivity index (χ2v) is 6.07. The van der Waals surface area contributed by atoms with Gasteiger partial charge in [-0.25, -0.2) is 0 Å². The Bertz CT molecular complexity index is 266. The van der Waals surface area contributed by atoms with Gasteiger partial charge in [-0.15, -0.1) is 0 Å². The summed E-state index contributed by atoms with van der Waals surface area (Å²) in [5.74, 6) is 2.18. The van der Waals surface area contributed by atoms with Crippen molar-refractivity contribution in [3.8, 4) is 0 Å². The molecular weight excluding hydrogens is 212 g/mol. The van der Waals surface area contributed by atoms with Crippen molar-refractivity contribution < 1.29 is 4.79 Å². The average Bonchev–Trinajstić information content (AvgIpc) is 3.24. The zero-order chi connectivity index (χ0) is 11.7. The fourth-order valence-corrected chi connectivity index (χ4v) is 3.21. The van der Waals surface area contributed by atoms with Crippen molar-refractivity contribution in [3.05, 3.63) is 0 Å². The third-order valence-electron chi connectivity index (χ3n) is 4.52. The quantitative estimate of drug-likeness (QED) is 0.736. The molecule has 1 saturated heterocycles. The molecule has 0 spiro atoms. The molecule has 3 nitrogen and oxygen atoms in total. The Morgan fingerprint density at radius 1 is 1.18 bits per heavy atom. The summed E-state index contributed by atoms with van der Waals surface area (Å²) in [6.45, 7) is 2.03. The van der Waals surface area contributed by atoms with E-state index in [-0.39, 0.29) is 0 Å². The molecule has 0 aromatic carbocycles. The lowest BCUT2D eigenvalue weighted by Gasteiger charge is -2.16. The first-order chi connectivity index (χ1) is 8.34. The third-order valence-corrected chi connectivity index (χ3v) is 4.52. The van der Waals surface area contributed by atoms with Gasteiger partial charge in [0, 0.05) is 18.5 Å². The van der Waals surface area contributed by atoms with E-state index in [1.807, 2.05) is 0 Å². The molecule has 2 N–H and O–H groups in total. The molecule has 96 valence electrons. The van der Waals surface area contributed by atoms with Crippen molar-refractivity contribution in [1.29, 1.82) is 0 Å². The first-order valence-corrected chi connectivity index (χ1v) is 7.35. The predicted octanol–water partition coefficient (Wildman–Crippen LogP) is 1.68. The maximum atomic E-state index is 12.1. The predicted molar refractivity (Wildman–Crippen MR) is 67.6 cm³/mol. The fourth-order valence-electron chi connectivity index (χ4n) is 3.21. The van der Waals surface area contributed by atoms with Crippen LogP contribution in [0, 0.1) is 17.8 Å². The van der Waals surface area contributed by atoms with Crippen LogP contribution in [0.4, 0.5) is 0 Å². The Morgan fingerprint density at radius 3 is 2.41 bits per heavy atom. The molecule has 1 heterocycles. The lowest BCUT2D eigenvalue weighted by Crippen LogP contribution is -2.36. The molecule has 17 heavy (non-hydrogen) atoms. The summed E-state index contributed by atoms with van der Waals surface area (Å²) in [5, 5.41) is 6.65. The van der Waals surface area contributed by atoms with Gasteiger partial charge in [0.05, 0.1) is 0 Å². The molecule has 3 heteroatoms. The van der Waals surface area contributed by atoms with Crippen LogP contribution in [0.2, 0.25) is 0 Å². The van der Waals surface area contributed by atoms with Crippen LogP contribution in [0.5, 0.6) is 0 Å². The largest absolute Gasteiger partial charge is 0.356 e.